The quantitative estimate of drug-likeness (QED) is 0.723. The van der Waals surface area contributed by atoms with Crippen LogP contribution >= 0.6 is 0 Å². The molecule has 2 N–H and O–H groups in total. The first-order valence-electron chi connectivity index (χ1n) is 8.47. The third kappa shape index (κ3) is 4.47. The average Bonchev–Trinajstić information content (AvgIpc) is 3.44. The van der Waals surface area contributed by atoms with Crippen LogP contribution in [0.5, 0.6) is 0 Å². The minimum Gasteiger partial charge on any atom is -0.462 e. The normalized spacial score (nSPS) is 17.0. The standard InChI is InChI=1S/C18H24N2O3/c1-2-23-18(22)14-7-9-15(10-8-14)19-11-16(21)20-17(12-3-4-12)13-5-6-13/h7-10,12-13,17,19H,2-6,11H2,1H3,(H,20,21). The molecule has 5 heteroatoms. The maximum Gasteiger partial charge on any atom is 0.338 e. The molecule has 2 aliphatic carbocycles. The van der Waals surface area contributed by atoms with Crippen LogP contribution < -0.4 is 10.6 Å². The molecule has 0 heterocycles. The predicted octanol–water partition coefficient (Wildman–Crippen LogP) is 2.58. The lowest BCUT2D eigenvalue weighted by molar-refractivity contribution is -0.120. The smallest absolute Gasteiger partial charge is 0.338 e. The van der Waals surface area contributed by atoms with E-state index in [0.717, 1.165) is 5.69 Å². The minimum absolute atomic E-state index is 0.0447. The lowest BCUT2D eigenvalue weighted by Gasteiger charge is -2.18. The number of hydrogen-bond acceptors (Lipinski definition) is 4. The summed E-state index contributed by atoms with van der Waals surface area (Å²) in [6.07, 6.45) is 5.02. The second-order valence-corrected chi connectivity index (χ2v) is 6.42. The first kappa shape index (κ1) is 15.8. The van der Waals surface area contributed by atoms with E-state index in [-0.39, 0.29) is 18.4 Å². The van der Waals surface area contributed by atoms with E-state index in [1.54, 1.807) is 31.2 Å². The van der Waals surface area contributed by atoms with Crippen molar-refractivity contribution in [3.05, 3.63) is 29.8 Å². The summed E-state index contributed by atoms with van der Waals surface area (Å²) in [7, 11) is 0. The summed E-state index contributed by atoms with van der Waals surface area (Å²) in [4.78, 5) is 23.7. The van der Waals surface area contributed by atoms with Crippen molar-refractivity contribution in [1.29, 1.82) is 0 Å². The molecular formula is C18H24N2O3. The van der Waals surface area contributed by atoms with Gasteiger partial charge in [0.05, 0.1) is 18.7 Å². The molecular weight excluding hydrogens is 292 g/mol. The van der Waals surface area contributed by atoms with E-state index in [1.165, 1.54) is 25.7 Å². The van der Waals surface area contributed by atoms with Crippen LogP contribution in [0.4, 0.5) is 5.69 Å². The molecule has 1 aromatic carbocycles. The Bertz CT molecular complexity index is 550. The van der Waals surface area contributed by atoms with Crippen LogP contribution in [-0.4, -0.2) is 31.1 Å². The number of amides is 1. The number of esters is 1. The Labute approximate surface area is 136 Å². The molecule has 5 nitrogen and oxygen atoms in total. The van der Waals surface area contributed by atoms with Crippen LogP contribution in [0.2, 0.25) is 0 Å². The molecule has 0 spiro atoms. The highest BCUT2D eigenvalue weighted by Crippen LogP contribution is 2.44. The molecule has 0 aliphatic heterocycles. The van der Waals surface area contributed by atoms with Crippen molar-refractivity contribution in [3.63, 3.8) is 0 Å². The predicted molar refractivity (Wildman–Crippen MR) is 88.3 cm³/mol. The molecule has 0 unspecified atom stereocenters. The van der Waals surface area contributed by atoms with E-state index in [1.807, 2.05) is 0 Å². The first-order valence-corrected chi connectivity index (χ1v) is 8.47. The Morgan fingerprint density at radius 1 is 1.13 bits per heavy atom. The summed E-state index contributed by atoms with van der Waals surface area (Å²) >= 11 is 0. The largest absolute Gasteiger partial charge is 0.462 e. The fourth-order valence-corrected chi connectivity index (χ4v) is 2.89. The van der Waals surface area contributed by atoms with Gasteiger partial charge < -0.3 is 15.4 Å². The zero-order valence-electron chi connectivity index (χ0n) is 13.5. The van der Waals surface area contributed by atoms with Crippen LogP contribution in [0.15, 0.2) is 24.3 Å². The number of nitrogens with one attached hydrogen (secondary N) is 2. The Hall–Kier alpha value is -2.04. The summed E-state index contributed by atoms with van der Waals surface area (Å²) in [5.41, 5.74) is 1.34. The molecule has 1 aromatic rings. The van der Waals surface area contributed by atoms with Gasteiger partial charge in [0.2, 0.25) is 5.91 Å². The highest BCUT2D eigenvalue weighted by Gasteiger charge is 2.42. The fraction of sp³-hybridized carbons (Fsp3) is 0.556. The van der Waals surface area contributed by atoms with E-state index < -0.39 is 0 Å². The van der Waals surface area contributed by atoms with Gasteiger partial charge in [0, 0.05) is 11.7 Å². The van der Waals surface area contributed by atoms with Crippen molar-refractivity contribution < 1.29 is 14.3 Å². The zero-order chi connectivity index (χ0) is 16.2. The van der Waals surface area contributed by atoms with Crippen LogP contribution in [0.1, 0.15) is 43.0 Å². The molecule has 0 saturated heterocycles. The number of anilines is 1. The summed E-state index contributed by atoms with van der Waals surface area (Å²) < 4.78 is 4.94. The zero-order valence-corrected chi connectivity index (χ0v) is 13.5. The van der Waals surface area contributed by atoms with E-state index in [2.05, 4.69) is 10.6 Å². The molecule has 2 saturated carbocycles. The van der Waals surface area contributed by atoms with Crippen LogP contribution in [0.3, 0.4) is 0 Å². The van der Waals surface area contributed by atoms with Gasteiger partial charge in [-0.1, -0.05) is 0 Å². The average molecular weight is 316 g/mol. The van der Waals surface area contributed by atoms with Crippen molar-refractivity contribution in [2.45, 2.75) is 38.6 Å². The maximum atomic E-state index is 12.1. The molecule has 2 fully saturated rings. The number of carbonyl (C=O) groups excluding carboxylic acids is 2. The number of benzene rings is 1. The summed E-state index contributed by atoms with van der Waals surface area (Å²) in [5, 5.41) is 6.28. The van der Waals surface area contributed by atoms with Crippen molar-refractivity contribution in [3.8, 4) is 0 Å². The highest BCUT2D eigenvalue weighted by molar-refractivity contribution is 5.90. The van der Waals surface area contributed by atoms with Gasteiger partial charge >= 0.3 is 5.97 Å². The van der Waals surface area contributed by atoms with Gasteiger partial charge in [-0.2, -0.15) is 0 Å². The Morgan fingerprint density at radius 3 is 2.26 bits per heavy atom. The third-order valence-corrected chi connectivity index (χ3v) is 4.44. The number of carbonyl (C=O) groups is 2. The second kappa shape index (κ2) is 7.02. The van der Waals surface area contributed by atoms with Gasteiger partial charge in [0.15, 0.2) is 0 Å². The monoisotopic (exact) mass is 316 g/mol. The Balaban J connectivity index is 1.45. The maximum absolute atomic E-state index is 12.1. The van der Waals surface area contributed by atoms with Crippen LogP contribution in [0.25, 0.3) is 0 Å². The summed E-state index contributed by atoms with van der Waals surface area (Å²) in [5.74, 6) is 1.13. The van der Waals surface area contributed by atoms with Gasteiger partial charge in [0.1, 0.15) is 0 Å². The molecule has 2 aliphatic rings. The topological polar surface area (TPSA) is 67.4 Å². The lowest BCUT2D eigenvalue weighted by atomic mass is 10.1. The number of ether oxygens (including phenoxy) is 1. The Kier molecular flexibility index (Phi) is 4.84. The van der Waals surface area contributed by atoms with Crippen LogP contribution in [0, 0.1) is 11.8 Å². The Morgan fingerprint density at radius 2 is 1.74 bits per heavy atom. The van der Waals surface area contributed by atoms with Gasteiger partial charge in [0.25, 0.3) is 0 Å². The molecule has 0 atom stereocenters. The van der Waals surface area contributed by atoms with Crippen molar-refractivity contribution in [2.24, 2.45) is 11.8 Å². The number of rotatable bonds is 8. The van der Waals surface area contributed by atoms with Crippen molar-refractivity contribution >= 4 is 17.6 Å². The molecule has 124 valence electrons. The van der Waals surface area contributed by atoms with E-state index in [9.17, 15) is 9.59 Å². The SMILES string of the molecule is CCOC(=O)c1ccc(NCC(=O)NC(C2CC2)C2CC2)cc1. The minimum atomic E-state index is -0.325. The van der Waals surface area contributed by atoms with Gasteiger partial charge in [-0.3, -0.25) is 4.79 Å². The summed E-state index contributed by atoms with van der Waals surface area (Å²) in [6, 6.07) is 7.37. The first-order chi connectivity index (χ1) is 11.2. The van der Waals surface area contributed by atoms with Gasteiger partial charge in [-0.25, -0.2) is 4.79 Å². The van der Waals surface area contributed by atoms with E-state index in [4.69, 9.17) is 4.74 Å². The molecule has 0 aromatic heterocycles. The van der Waals surface area contributed by atoms with Crippen molar-refractivity contribution in [1.82, 2.24) is 5.32 Å². The third-order valence-electron chi connectivity index (χ3n) is 4.44. The number of hydrogen-bond donors (Lipinski definition) is 2. The molecule has 0 bridgehead atoms. The van der Waals surface area contributed by atoms with Crippen molar-refractivity contribution in [2.75, 3.05) is 18.5 Å². The fourth-order valence-electron chi connectivity index (χ4n) is 2.89. The lowest BCUT2D eigenvalue weighted by Crippen LogP contribution is -2.41. The molecule has 1 amide bonds. The molecule has 0 radical (unpaired) electrons. The van der Waals surface area contributed by atoms with E-state index in [0.29, 0.717) is 30.0 Å². The second-order valence-electron chi connectivity index (χ2n) is 6.42. The molecule has 23 heavy (non-hydrogen) atoms. The molecule has 3 rings (SSSR count). The van der Waals surface area contributed by atoms with E-state index >= 15 is 0 Å². The van der Waals surface area contributed by atoms with Gasteiger partial charge in [-0.05, 0) is 68.7 Å². The van der Waals surface area contributed by atoms with Crippen LogP contribution in [-0.2, 0) is 9.53 Å². The highest BCUT2D eigenvalue weighted by atomic mass is 16.5. The van der Waals surface area contributed by atoms with Gasteiger partial charge in [-0.15, -0.1) is 0 Å². The summed E-state index contributed by atoms with van der Waals surface area (Å²) in [6.45, 7) is 2.40.